The van der Waals surface area contributed by atoms with Gasteiger partial charge in [0.25, 0.3) is 5.91 Å². The van der Waals surface area contributed by atoms with Crippen LogP contribution in [0.1, 0.15) is 21.9 Å². The molecule has 82 valence electrons. The van der Waals surface area contributed by atoms with Gasteiger partial charge in [-0.2, -0.15) is 5.10 Å². The lowest BCUT2D eigenvalue weighted by atomic mass is 10.3. The molecule has 0 bridgehead atoms. The quantitative estimate of drug-likeness (QED) is 0.822. The number of amides is 1. The number of anilines is 1. The minimum absolute atomic E-state index is 0.242. The van der Waals surface area contributed by atoms with Crippen molar-refractivity contribution in [2.45, 2.75) is 13.8 Å². The van der Waals surface area contributed by atoms with E-state index in [2.05, 4.69) is 20.7 Å². The van der Waals surface area contributed by atoms with Gasteiger partial charge in [0.1, 0.15) is 5.76 Å². The molecule has 6 heteroatoms. The van der Waals surface area contributed by atoms with E-state index in [1.54, 1.807) is 32.0 Å². The molecule has 0 aromatic carbocycles. The molecule has 2 rings (SSSR count). The van der Waals surface area contributed by atoms with Crippen LogP contribution in [-0.4, -0.2) is 21.3 Å². The molecular formula is C10H10N4O2. The smallest absolute Gasteiger partial charge is 0.277 e. The summed E-state index contributed by atoms with van der Waals surface area (Å²) in [6, 6.07) is 4.94. The van der Waals surface area contributed by atoms with Crippen LogP contribution in [0.3, 0.4) is 0 Å². The summed E-state index contributed by atoms with van der Waals surface area (Å²) in [7, 11) is 0. The van der Waals surface area contributed by atoms with E-state index < -0.39 is 0 Å². The Labute approximate surface area is 91.7 Å². The fourth-order valence-electron chi connectivity index (χ4n) is 1.13. The van der Waals surface area contributed by atoms with E-state index in [9.17, 15) is 4.79 Å². The summed E-state index contributed by atoms with van der Waals surface area (Å²) < 4.78 is 4.82. The predicted octanol–water partition coefficient (Wildman–Crippen LogP) is 1.33. The fourth-order valence-corrected chi connectivity index (χ4v) is 1.13. The van der Waals surface area contributed by atoms with Crippen LogP contribution >= 0.6 is 0 Å². The van der Waals surface area contributed by atoms with Gasteiger partial charge in [0, 0.05) is 6.07 Å². The van der Waals surface area contributed by atoms with Gasteiger partial charge >= 0.3 is 0 Å². The van der Waals surface area contributed by atoms with Crippen LogP contribution in [0.2, 0.25) is 0 Å². The molecule has 0 saturated carbocycles. The number of nitrogens with one attached hydrogen (secondary N) is 1. The second-order valence-corrected chi connectivity index (χ2v) is 3.34. The van der Waals surface area contributed by atoms with Crippen LogP contribution < -0.4 is 5.32 Å². The molecule has 0 spiro atoms. The summed E-state index contributed by atoms with van der Waals surface area (Å²) in [6.45, 7) is 3.55. The maximum absolute atomic E-state index is 11.6. The van der Waals surface area contributed by atoms with Gasteiger partial charge in [0.05, 0.1) is 5.69 Å². The van der Waals surface area contributed by atoms with Gasteiger partial charge in [0.15, 0.2) is 11.5 Å². The van der Waals surface area contributed by atoms with Gasteiger partial charge in [-0.25, -0.2) is 0 Å². The van der Waals surface area contributed by atoms with Crippen molar-refractivity contribution < 1.29 is 9.32 Å². The molecule has 0 aliphatic rings. The maximum Gasteiger partial charge on any atom is 0.277 e. The van der Waals surface area contributed by atoms with E-state index >= 15 is 0 Å². The van der Waals surface area contributed by atoms with Gasteiger partial charge in [0.2, 0.25) is 0 Å². The Morgan fingerprint density at radius 3 is 2.69 bits per heavy atom. The van der Waals surface area contributed by atoms with E-state index in [0.717, 1.165) is 5.69 Å². The molecule has 0 aliphatic carbocycles. The molecule has 2 aromatic rings. The number of carbonyl (C=O) groups excluding carboxylic acids is 1. The van der Waals surface area contributed by atoms with Crippen LogP contribution in [0.25, 0.3) is 0 Å². The monoisotopic (exact) mass is 218 g/mol. The number of rotatable bonds is 2. The first-order valence-corrected chi connectivity index (χ1v) is 4.70. The van der Waals surface area contributed by atoms with Crippen LogP contribution in [0.4, 0.5) is 5.82 Å². The van der Waals surface area contributed by atoms with Crippen LogP contribution in [0.15, 0.2) is 22.7 Å². The molecule has 2 aromatic heterocycles. The zero-order valence-electron chi connectivity index (χ0n) is 8.89. The zero-order chi connectivity index (χ0) is 11.5. The number of carbonyl (C=O) groups is 1. The number of hydrogen-bond donors (Lipinski definition) is 1. The van der Waals surface area contributed by atoms with E-state index in [0.29, 0.717) is 11.6 Å². The van der Waals surface area contributed by atoms with Gasteiger partial charge in [-0.05, 0) is 26.0 Å². The van der Waals surface area contributed by atoms with Gasteiger partial charge < -0.3 is 9.84 Å². The third-order valence-electron chi connectivity index (χ3n) is 1.90. The highest BCUT2D eigenvalue weighted by atomic mass is 16.5. The van der Waals surface area contributed by atoms with Crippen LogP contribution in [0, 0.1) is 13.8 Å². The van der Waals surface area contributed by atoms with Crippen molar-refractivity contribution in [2.75, 3.05) is 5.32 Å². The highest BCUT2D eigenvalue weighted by Gasteiger charge is 2.10. The van der Waals surface area contributed by atoms with Gasteiger partial charge in [-0.15, -0.1) is 5.10 Å². The third kappa shape index (κ3) is 2.22. The zero-order valence-corrected chi connectivity index (χ0v) is 8.89. The average molecular weight is 218 g/mol. The van der Waals surface area contributed by atoms with Crippen molar-refractivity contribution >= 4 is 11.7 Å². The number of aryl methyl sites for hydroxylation is 2. The number of hydrogen-bond acceptors (Lipinski definition) is 5. The summed E-state index contributed by atoms with van der Waals surface area (Å²) in [5.41, 5.74) is 1.00. The Morgan fingerprint density at radius 2 is 2.12 bits per heavy atom. The summed E-state index contributed by atoms with van der Waals surface area (Å²) >= 11 is 0. The first-order chi connectivity index (χ1) is 7.65. The molecule has 1 N–H and O–H groups in total. The van der Waals surface area contributed by atoms with E-state index in [1.165, 1.54) is 0 Å². The van der Waals surface area contributed by atoms with E-state index in [4.69, 9.17) is 4.52 Å². The average Bonchev–Trinajstić information content (AvgIpc) is 2.65. The van der Waals surface area contributed by atoms with E-state index in [-0.39, 0.29) is 11.6 Å². The SMILES string of the molecule is Cc1ccc(C(=O)Nc2cc(C)on2)nn1. The van der Waals surface area contributed by atoms with Gasteiger partial charge in [-0.3, -0.25) is 4.79 Å². The Balaban J connectivity index is 2.11. The highest BCUT2D eigenvalue weighted by molar-refractivity contribution is 6.02. The van der Waals surface area contributed by atoms with Crippen LogP contribution in [0.5, 0.6) is 0 Å². The number of nitrogens with zero attached hydrogens (tertiary/aromatic N) is 3. The van der Waals surface area contributed by atoms with Crippen molar-refractivity contribution in [3.8, 4) is 0 Å². The Morgan fingerprint density at radius 1 is 1.31 bits per heavy atom. The molecule has 2 heterocycles. The molecule has 16 heavy (non-hydrogen) atoms. The normalized spacial score (nSPS) is 10.1. The molecule has 0 unspecified atom stereocenters. The predicted molar refractivity (Wildman–Crippen MR) is 56.0 cm³/mol. The van der Waals surface area contributed by atoms with Crippen LogP contribution in [-0.2, 0) is 0 Å². The topological polar surface area (TPSA) is 80.9 Å². The Hall–Kier alpha value is -2.24. The molecule has 0 aliphatic heterocycles. The van der Waals surface area contributed by atoms with Crippen molar-refractivity contribution in [1.82, 2.24) is 15.4 Å². The second kappa shape index (κ2) is 4.09. The summed E-state index contributed by atoms with van der Waals surface area (Å²) in [5.74, 6) is 0.635. The summed E-state index contributed by atoms with van der Waals surface area (Å²) in [5, 5.41) is 13.7. The molecule has 0 atom stereocenters. The third-order valence-corrected chi connectivity index (χ3v) is 1.90. The first-order valence-electron chi connectivity index (χ1n) is 4.70. The van der Waals surface area contributed by atoms with Gasteiger partial charge in [-0.1, -0.05) is 5.16 Å². The molecular weight excluding hydrogens is 208 g/mol. The number of aromatic nitrogens is 3. The Kier molecular flexibility index (Phi) is 2.63. The minimum atomic E-state index is -0.360. The lowest BCUT2D eigenvalue weighted by molar-refractivity contribution is 0.102. The molecule has 0 radical (unpaired) electrons. The highest BCUT2D eigenvalue weighted by Crippen LogP contribution is 2.08. The lowest BCUT2D eigenvalue weighted by Crippen LogP contribution is -2.14. The first kappa shape index (κ1) is 10.3. The summed E-state index contributed by atoms with van der Waals surface area (Å²) in [6.07, 6.45) is 0. The largest absolute Gasteiger partial charge is 0.360 e. The van der Waals surface area contributed by atoms with Crippen molar-refractivity contribution in [3.05, 3.63) is 35.3 Å². The second-order valence-electron chi connectivity index (χ2n) is 3.34. The lowest BCUT2D eigenvalue weighted by Gasteiger charge is -1.99. The fraction of sp³-hybridized carbons (Fsp3) is 0.200. The van der Waals surface area contributed by atoms with Crippen molar-refractivity contribution in [1.29, 1.82) is 0 Å². The Bertz CT molecular complexity index is 504. The summed E-state index contributed by atoms with van der Waals surface area (Å²) in [4.78, 5) is 11.6. The molecule has 0 fully saturated rings. The molecule has 1 amide bonds. The van der Waals surface area contributed by atoms with E-state index in [1.807, 2.05) is 0 Å². The minimum Gasteiger partial charge on any atom is -0.360 e. The standard InChI is InChI=1S/C10H10N4O2/c1-6-3-4-8(13-12-6)10(15)11-9-5-7(2)16-14-9/h3-5H,1-2H3,(H,11,14,15). The molecule has 0 saturated heterocycles. The maximum atomic E-state index is 11.6. The van der Waals surface area contributed by atoms with Crippen molar-refractivity contribution in [3.63, 3.8) is 0 Å². The molecule has 6 nitrogen and oxygen atoms in total. The van der Waals surface area contributed by atoms with Crippen molar-refractivity contribution in [2.24, 2.45) is 0 Å².